The zero-order valence-corrected chi connectivity index (χ0v) is 31.0. The average molecular weight is 813 g/mol. The summed E-state index contributed by atoms with van der Waals surface area (Å²) in [6.07, 6.45) is 4.79. The van der Waals surface area contributed by atoms with Crippen molar-refractivity contribution >= 4 is 44.8 Å². The van der Waals surface area contributed by atoms with Crippen LogP contribution in [0.5, 0.6) is 0 Å². The van der Waals surface area contributed by atoms with E-state index in [1.165, 1.54) is 22.9 Å². The standard InChI is InChI=1S/C21H17FNS.C18H24NSi.Ir/c1-13(2)10-14-8-9-23-19(11-14)18-5-3-4-17-16-7-6-15(22)12-20(16)24-21(17)18;1-13(2)16-11-17(15-9-7-14(3)8-10-15)19-12-18(16)20(4,5)6;/h3-4,6-9,11-13H,10H2,1-2H3;7-9,11-13H,1-6H3;/q2*-1;/i;3D3,13D;. The van der Waals surface area contributed by atoms with Gasteiger partial charge in [-0.05, 0) is 63.1 Å². The van der Waals surface area contributed by atoms with E-state index >= 15 is 0 Å². The first-order valence-electron chi connectivity index (χ1n) is 16.9. The number of fused-ring (bicyclic) bond motifs is 3. The third-order valence-corrected chi connectivity index (χ3v) is 10.7. The number of thiophene rings is 1. The molecule has 0 aliphatic carbocycles. The molecule has 0 bridgehead atoms. The molecule has 2 nitrogen and oxygen atoms in total. The van der Waals surface area contributed by atoms with Crippen molar-refractivity contribution < 1.29 is 30.0 Å². The summed E-state index contributed by atoms with van der Waals surface area (Å²) in [5, 5.41) is 3.41. The Hall–Kier alpha value is -3.02. The van der Waals surface area contributed by atoms with Crippen molar-refractivity contribution in [1.82, 2.24) is 9.97 Å². The molecule has 6 heteroatoms. The molecule has 1 radical (unpaired) electrons. The van der Waals surface area contributed by atoms with Gasteiger partial charge in [-0.15, -0.1) is 59.2 Å². The second-order valence-corrected chi connectivity index (χ2v) is 18.9. The van der Waals surface area contributed by atoms with Crippen molar-refractivity contribution in [2.45, 2.75) is 66.5 Å². The molecule has 0 aliphatic heterocycles. The average Bonchev–Trinajstić information content (AvgIpc) is 3.37. The van der Waals surface area contributed by atoms with Crippen LogP contribution in [0.1, 0.15) is 55.8 Å². The van der Waals surface area contributed by atoms with Gasteiger partial charge in [0.1, 0.15) is 5.82 Å². The molecule has 235 valence electrons. The maximum atomic E-state index is 13.5. The van der Waals surface area contributed by atoms with Gasteiger partial charge in [-0.2, -0.15) is 11.3 Å². The summed E-state index contributed by atoms with van der Waals surface area (Å²) < 4.78 is 46.4. The molecule has 3 aromatic heterocycles. The van der Waals surface area contributed by atoms with Gasteiger partial charge in [0, 0.05) is 42.7 Å². The molecular weight excluding hydrogens is 768 g/mol. The van der Waals surface area contributed by atoms with Crippen molar-refractivity contribution in [3.05, 3.63) is 114 Å². The predicted molar refractivity (Wildman–Crippen MR) is 190 cm³/mol. The Bertz CT molecular complexity index is 2060. The third-order valence-electron chi connectivity index (χ3n) is 7.46. The van der Waals surface area contributed by atoms with E-state index in [4.69, 9.17) is 5.48 Å². The molecule has 0 amide bonds. The van der Waals surface area contributed by atoms with Crippen LogP contribution in [0.25, 0.3) is 42.7 Å². The second-order valence-electron chi connectivity index (χ2n) is 12.8. The number of nitrogens with zero attached hydrogens (tertiary/aromatic N) is 2. The van der Waals surface area contributed by atoms with E-state index in [2.05, 4.69) is 67.7 Å². The zero-order valence-electron chi connectivity index (χ0n) is 30.8. The van der Waals surface area contributed by atoms with Gasteiger partial charge < -0.3 is 9.97 Å². The fourth-order valence-electron chi connectivity index (χ4n) is 5.31. The summed E-state index contributed by atoms with van der Waals surface area (Å²) in [5.41, 5.74) is 5.95. The van der Waals surface area contributed by atoms with Crippen LogP contribution in [-0.2, 0) is 26.5 Å². The first-order chi connectivity index (χ1) is 22.4. The van der Waals surface area contributed by atoms with Gasteiger partial charge in [-0.1, -0.05) is 88.9 Å². The fourth-order valence-corrected chi connectivity index (χ4v) is 8.13. The Morgan fingerprint density at radius 2 is 1.73 bits per heavy atom. The Morgan fingerprint density at radius 3 is 2.40 bits per heavy atom. The fraction of sp³-hybridized carbons (Fsp3) is 0.282. The smallest absolute Gasteiger partial charge is 0.124 e. The number of aromatic nitrogens is 2. The molecule has 0 unspecified atom stereocenters. The molecule has 0 N–H and O–H groups in total. The minimum atomic E-state index is -2.13. The molecule has 6 aromatic rings. The SMILES string of the molecule is CC(C)Cc1ccnc(-c2[c-]ccc3c2sc2cc(F)ccc23)c1.[2H]C([2H])([2H])c1c[c-]c(-c2cc(C([2H])(C)C)c([Si](C)(C)C)cn2)cc1.[Ir]. The van der Waals surface area contributed by atoms with E-state index in [1.54, 1.807) is 29.5 Å². The van der Waals surface area contributed by atoms with Crippen molar-refractivity contribution in [2.75, 3.05) is 0 Å². The summed E-state index contributed by atoms with van der Waals surface area (Å²) in [6, 6.07) is 26.3. The molecule has 0 aliphatic rings. The van der Waals surface area contributed by atoms with E-state index in [0.29, 0.717) is 5.92 Å². The van der Waals surface area contributed by atoms with Crippen molar-refractivity contribution in [3.8, 4) is 22.5 Å². The molecule has 0 spiro atoms. The number of hydrogen-bond donors (Lipinski definition) is 0. The molecule has 45 heavy (non-hydrogen) atoms. The van der Waals surface area contributed by atoms with Crippen molar-refractivity contribution in [2.24, 2.45) is 5.92 Å². The van der Waals surface area contributed by atoms with E-state index in [9.17, 15) is 4.39 Å². The first kappa shape index (κ1) is 29.4. The van der Waals surface area contributed by atoms with Crippen LogP contribution in [0.2, 0.25) is 19.6 Å². The number of benzene rings is 3. The largest absolute Gasteiger partial charge is 0.305 e. The molecule has 6 rings (SSSR count). The Balaban J connectivity index is 0.000000216. The van der Waals surface area contributed by atoms with E-state index in [1.807, 2.05) is 50.5 Å². The van der Waals surface area contributed by atoms with Gasteiger partial charge in [0.05, 0.1) is 8.07 Å². The third kappa shape index (κ3) is 8.23. The molecule has 0 fully saturated rings. The summed E-state index contributed by atoms with van der Waals surface area (Å²) in [5.74, 6) is -0.310. The Morgan fingerprint density at radius 1 is 0.933 bits per heavy atom. The molecular formula is C39H41FIrN2SSi-2. The molecule has 3 aromatic carbocycles. The van der Waals surface area contributed by atoms with Gasteiger partial charge in [0.15, 0.2) is 0 Å². The Labute approximate surface area is 292 Å². The van der Waals surface area contributed by atoms with Crippen LogP contribution in [0.15, 0.2) is 79.1 Å². The second kappa shape index (κ2) is 14.6. The van der Waals surface area contributed by atoms with Crippen LogP contribution in [0, 0.1) is 30.7 Å². The first-order valence-corrected chi connectivity index (χ1v) is 19.2. The summed E-state index contributed by atoms with van der Waals surface area (Å²) in [4.78, 5) is 9.12. The number of rotatable bonds is 6. The maximum absolute atomic E-state index is 13.5. The van der Waals surface area contributed by atoms with Crippen molar-refractivity contribution in [1.29, 1.82) is 0 Å². The van der Waals surface area contributed by atoms with E-state index in [-0.39, 0.29) is 31.5 Å². The number of halogens is 1. The normalized spacial score (nSPS) is 13.4. The predicted octanol–water partition coefficient (Wildman–Crippen LogP) is 10.8. The quantitative estimate of drug-likeness (QED) is 0.124. The van der Waals surface area contributed by atoms with E-state index in [0.717, 1.165) is 54.7 Å². The van der Waals surface area contributed by atoms with Crippen molar-refractivity contribution in [3.63, 3.8) is 0 Å². The maximum Gasteiger partial charge on any atom is 0.124 e. The molecule has 0 saturated heterocycles. The van der Waals surface area contributed by atoms with Gasteiger partial charge in [0.2, 0.25) is 0 Å². The Kier molecular flexibility index (Phi) is 9.53. The van der Waals surface area contributed by atoms with Crippen LogP contribution < -0.4 is 5.19 Å². The van der Waals surface area contributed by atoms with Crippen LogP contribution in [0.3, 0.4) is 0 Å². The number of hydrogen-bond acceptors (Lipinski definition) is 3. The summed E-state index contributed by atoms with van der Waals surface area (Å²) in [6.45, 7) is 12.8. The minimum Gasteiger partial charge on any atom is -0.305 e. The van der Waals surface area contributed by atoms with Gasteiger partial charge in [-0.25, -0.2) is 4.39 Å². The molecule has 3 heterocycles. The monoisotopic (exact) mass is 813 g/mol. The van der Waals surface area contributed by atoms with Gasteiger partial charge >= 0.3 is 0 Å². The van der Waals surface area contributed by atoms with Crippen LogP contribution in [-0.4, -0.2) is 18.0 Å². The van der Waals surface area contributed by atoms with Crippen LogP contribution in [0.4, 0.5) is 4.39 Å². The zero-order chi connectivity index (χ0) is 35.0. The summed E-state index contributed by atoms with van der Waals surface area (Å²) >= 11 is 1.61. The number of pyridine rings is 2. The van der Waals surface area contributed by atoms with Gasteiger partial charge in [-0.3, -0.25) is 0 Å². The topological polar surface area (TPSA) is 25.8 Å². The van der Waals surface area contributed by atoms with Crippen LogP contribution >= 0.6 is 11.3 Å². The minimum absolute atomic E-state index is 0. The molecule has 0 atom stereocenters. The summed E-state index contributed by atoms with van der Waals surface area (Å²) in [7, 11) is -1.61. The number of aryl methyl sites for hydroxylation is 1. The van der Waals surface area contributed by atoms with E-state index < -0.39 is 20.8 Å². The molecule has 0 saturated carbocycles. The van der Waals surface area contributed by atoms with Gasteiger partial charge in [0.25, 0.3) is 0 Å².